The van der Waals surface area contributed by atoms with E-state index in [9.17, 15) is 12.8 Å². The number of hydrogen-bond acceptors (Lipinski definition) is 2. The summed E-state index contributed by atoms with van der Waals surface area (Å²) < 4.78 is 41.0. The van der Waals surface area contributed by atoms with E-state index in [2.05, 4.69) is 36.6 Å². The number of benzene rings is 2. The van der Waals surface area contributed by atoms with Gasteiger partial charge < -0.3 is 0 Å². The molecule has 0 saturated heterocycles. The molecule has 0 amide bonds. The molecule has 0 aliphatic carbocycles. The first-order chi connectivity index (χ1) is 9.70. The molecule has 21 heavy (non-hydrogen) atoms. The minimum Gasteiger partial charge on any atom is -0.277 e. The molecule has 2 aromatic carbocycles. The van der Waals surface area contributed by atoms with Gasteiger partial charge in [-0.3, -0.25) is 4.72 Å². The molecule has 0 saturated carbocycles. The molecule has 112 valence electrons. The zero-order valence-corrected chi connectivity index (χ0v) is 15.4. The van der Waals surface area contributed by atoms with Gasteiger partial charge in [-0.1, -0.05) is 17.7 Å². The van der Waals surface area contributed by atoms with Crippen LogP contribution in [0, 0.1) is 12.7 Å². The van der Waals surface area contributed by atoms with Crippen molar-refractivity contribution >= 4 is 59.2 Å². The quantitative estimate of drug-likeness (QED) is 0.696. The molecule has 2 aromatic rings. The summed E-state index contributed by atoms with van der Waals surface area (Å²) in [5.74, 6) is -0.564. The standard InChI is InChI=1S/C13H9Br2ClFNO2S/c1-7-2-3-12(9(14)4-7)21(19,20)18-13-10(15)5-8(17)6-11(13)16/h2-6,18H,1H3. The highest BCUT2D eigenvalue weighted by atomic mass is 79.9. The van der Waals surface area contributed by atoms with Gasteiger partial charge in [-0.05, 0) is 68.6 Å². The Balaban J connectivity index is 2.47. The van der Waals surface area contributed by atoms with Gasteiger partial charge in [-0.15, -0.1) is 0 Å². The number of hydrogen-bond donors (Lipinski definition) is 1. The summed E-state index contributed by atoms with van der Waals surface area (Å²) in [5, 5.41) is -0.0336. The summed E-state index contributed by atoms with van der Waals surface area (Å²) in [7, 11) is -3.85. The molecule has 0 aliphatic rings. The molecule has 3 nitrogen and oxygen atoms in total. The van der Waals surface area contributed by atoms with Crippen LogP contribution in [0.5, 0.6) is 0 Å². The Kier molecular flexibility index (Phi) is 4.97. The Morgan fingerprint density at radius 3 is 2.38 bits per heavy atom. The van der Waals surface area contributed by atoms with Gasteiger partial charge in [0.25, 0.3) is 10.0 Å². The Morgan fingerprint density at radius 1 is 1.14 bits per heavy atom. The van der Waals surface area contributed by atoms with Gasteiger partial charge >= 0.3 is 0 Å². The van der Waals surface area contributed by atoms with Crippen LogP contribution in [0.25, 0.3) is 0 Å². The van der Waals surface area contributed by atoms with Crippen LogP contribution in [0.2, 0.25) is 5.02 Å². The van der Waals surface area contributed by atoms with Gasteiger partial charge in [0.1, 0.15) is 10.7 Å². The van der Waals surface area contributed by atoms with Crippen molar-refractivity contribution < 1.29 is 12.8 Å². The smallest absolute Gasteiger partial charge is 0.263 e. The van der Waals surface area contributed by atoms with E-state index < -0.39 is 15.8 Å². The molecular weight excluding hydrogens is 448 g/mol. The Bertz CT molecular complexity index is 789. The number of halogens is 4. The molecule has 0 fully saturated rings. The van der Waals surface area contributed by atoms with Crippen LogP contribution in [0.15, 0.2) is 44.2 Å². The number of aryl methyl sites for hydroxylation is 1. The van der Waals surface area contributed by atoms with Crippen molar-refractivity contribution in [1.82, 2.24) is 0 Å². The molecule has 1 N–H and O–H groups in total. The van der Waals surface area contributed by atoms with Gasteiger partial charge in [-0.2, -0.15) is 0 Å². The lowest BCUT2D eigenvalue weighted by atomic mass is 10.2. The van der Waals surface area contributed by atoms with Crippen LogP contribution in [0.4, 0.5) is 10.1 Å². The summed E-state index contributed by atoms with van der Waals surface area (Å²) in [5.41, 5.74) is 1.01. The maximum absolute atomic E-state index is 13.2. The fourth-order valence-corrected chi connectivity index (χ4v) is 5.03. The normalized spacial score (nSPS) is 11.5. The zero-order chi connectivity index (χ0) is 15.8. The summed E-state index contributed by atoms with van der Waals surface area (Å²) in [4.78, 5) is 0.0698. The lowest BCUT2D eigenvalue weighted by molar-refractivity contribution is 0.600. The van der Waals surface area contributed by atoms with Crippen molar-refractivity contribution in [1.29, 1.82) is 0 Å². The van der Waals surface area contributed by atoms with Gasteiger partial charge in [0, 0.05) is 8.95 Å². The third-order valence-corrected chi connectivity index (χ3v) is 5.87. The SMILES string of the molecule is Cc1ccc(S(=O)(=O)Nc2c(Cl)cc(F)cc2Br)c(Br)c1. The highest BCUT2D eigenvalue weighted by Crippen LogP contribution is 2.34. The first-order valence-electron chi connectivity index (χ1n) is 5.64. The van der Waals surface area contributed by atoms with E-state index in [0.717, 1.165) is 17.7 Å². The van der Waals surface area contributed by atoms with Crippen molar-refractivity contribution in [2.24, 2.45) is 0 Å². The fraction of sp³-hybridized carbons (Fsp3) is 0.0769. The second-order valence-corrected chi connectivity index (χ2v) is 8.05. The highest BCUT2D eigenvalue weighted by molar-refractivity contribution is 9.11. The van der Waals surface area contributed by atoms with Crippen LogP contribution in [-0.2, 0) is 10.0 Å². The summed E-state index contributed by atoms with van der Waals surface area (Å²) in [6.45, 7) is 1.85. The van der Waals surface area contributed by atoms with E-state index in [1.165, 1.54) is 6.07 Å². The average molecular weight is 458 g/mol. The minimum absolute atomic E-state index is 0.0336. The van der Waals surface area contributed by atoms with E-state index in [-0.39, 0.29) is 20.1 Å². The number of rotatable bonds is 3. The molecule has 0 atom stereocenters. The third-order valence-electron chi connectivity index (χ3n) is 2.62. The maximum atomic E-state index is 13.2. The van der Waals surface area contributed by atoms with E-state index in [0.29, 0.717) is 4.47 Å². The van der Waals surface area contributed by atoms with Crippen LogP contribution in [0.3, 0.4) is 0 Å². The maximum Gasteiger partial charge on any atom is 0.263 e. The van der Waals surface area contributed by atoms with Crippen molar-refractivity contribution in [2.75, 3.05) is 4.72 Å². The van der Waals surface area contributed by atoms with Gasteiger partial charge in [0.2, 0.25) is 0 Å². The molecule has 2 rings (SSSR count). The molecule has 0 bridgehead atoms. The molecule has 0 heterocycles. The number of anilines is 1. The highest BCUT2D eigenvalue weighted by Gasteiger charge is 2.20. The lowest BCUT2D eigenvalue weighted by Gasteiger charge is -2.13. The van der Waals surface area contributed by atoms with Crippen molar-refractivity contribution in [2.45, 2.75) is 11.8 Å². The number of nitrogens with one attached hydrogen (secondary N) is 1. The van der Waals surface area contributed by atoms with Crippen LogP contribution < -0.4 is 4.72 Å². The van der Waals surface area contributed by atoms with Crippen molar-refractivity contribution in [3.05, 3.63) is 55.7 Å². The largest absolute Gasteiger partial charge is 0.277 e. The Morgan fingerprint density at radius 2 is 1.81 bits per heavy atom. The average Bonchev–Trinajstić information content (AvgIpc) is 2.33. The summed E-state index contributed by atoms with van der Waals surface area (Å²) >= 11 is 12.2. The zero-order valence-electron chi connectivity index (χ0n) is 10.6. The third kappa shape index (κ3) is 3.77. The second kappa shape index (κ2) is 6.24. The molecular formula is C13H9Br2ClFNO2S. The minimum atomic E-state index is -3.85. The van der Waals surface area contributed by atoms with Gasteiger partial charge in [0.15, 0.2) is 0 Å². The first-order valence-corrected chi connectivity index (χ1v) is 9.09. The Labute approximate surface area is 143 Å². The van der Waals surface area contributed by atoms with Gasteiger partial charge in [0.05, 0.1) is 10.7 Å². The van der Waals surface area contributed by atoms with E-state index >= 15 is 0 Å². The van der Waals surface area contributed by atoms with Crippen LogP contribution >= 0.6 is 43.5 Å². The fourth-order valence-electron chi connectivity index (χ4n) is 1.65. The summed E-state index contributed by atoms with van der Waals surface area (Å²) in [6.07, 6.45) is 0. The molecule has 0 spiro atoms. The first kappa shape index (κ1) is 16.7. The molecule has 8 heteroatoms. The van der Waals surface area contributed by atoms with E-state index in [1.54, 1.807) is 12.1 Å². The molecule has 0 aromatic heterocycles. The van der Waals surface area contributed by atoms with Gasteiger partial charge in [-0.25, -0.2) is 12.8 Å². The molecule has 0 unspecified atom stereocenters. The van der Waals surface area contributed by atoms with Crippen LogP contribution in [-0.4, -0.2) is 8.42 Å². The van der Waals surface area contributed by atoms with E-state index in [1.807, 2.05) is 6.92 Å². The van der Waals surface area contributed by atoms with Crippen LogP contribution in [0.1, 0.15) is 5.56 Å². The second-order valence-electron chi connectivity index (χ2n) is 4.28. The summed E-state index contributed by atoms with van der Waals surface area (Å²) in [6, 6.07) is 7.02. The Hall–Kier alpha value is -0.630. The predicted octanol–water partition coefficient (Wildman–Crippen LogP) is 5.11. The van der Waals surface area contributed by atoms with Crippen molar-refractivity contribution in [3.63, 3.8) is 0 Å². The topological polar surface area (TPSA) is 46.2 Å². The predicted molar refractivity (Wildman–Crippen MR) is 88.8 cm³/mol. The van der Waals surface area contributed by atoms with Crippen molar-refractivity contribution in [3.8, 4) is 0 Å². The molecule has 0 aliphatic heterocycles. The lowest BCUT2D eigenvalue weighted by Crippen LogP contribution is -2.14. The van der Waals surface area contributed by atoms with E-state index in [4.69, 9.17) is 11.6 Å². The monoisotopic (exact) mass is 455 g/mol. The molecule has 0 radical (unpaired) electrons. The number of sulfonamides is 1.